The summed E-state index contributed by atoms with van der Waals surface area (Å²) in [4.78, 5) is 42.1. The number of aromatic nitrogens is 10. The van der Waals surface area contributed by atoms with Gasteiger partial charge in [0, 0.05) is 11.5 Å². The van der Waals surface area contributed by atoms with Crippen LogP contribution < -0.4 is 5.32 Å². The molecule has 0 saturated carbocycles. The highest BCUT2D eigenvalue weighted by Crippen LogP contribution is 2.58. The van der Waals surface area contributed by atoms with Crippen LogP contribution in [0, 0.1) is 23.8 Å². The lowest BCUT2D eigenvalue weighted by molar-refractivity contribution is -0.0702. The van der Waals surface area contributed by atoms with E-state index in [4.69, 9.17) is 43.2 Å². The molecule has 1 aromatic carbocycles. The maximum Gasteiger partial charge on any atom is 0.475 e. The number of anilines is 1. The number of nitriles is 1. The van der Waals surface area contributed by atoms with Crippen molar-refractivity contribution in [1.82, 2.24) is 48.7 Å². The Morgan fingerprint density at radius 2 is 1.55 bits per heavy atom. The molecule has 322 valence electrons. The summed E-state index contributed by atoms with van der Waals surface area (Å²) in [7, 11) is -9.49. The van der Waals surface area contributed by atoms with E-state index in [0.29, 0.717) is 22.4 Å². The molecule has 3 saturated heterocycles. The van der Waals surface area contributed by atoms with Gasteiger partial charge in [0.05, 0.1) is 45.0 Å². The van der Waals surface area contributed by atoms with Crippen LogP contribution in [0.15, 0.2) is 62.0 Å². The van der Waals surface area contributed by atoms with Crippen LogP contribution in [0.25, 0.3) is 32.8 Å². The molecule has 3 aliphatic heterocycles. The molecule has 1 amide bonds. The molecular weight excluding hydrogens is 859 g/mol. The minimum absolute atomic E-state index is 0.0233. The number of carbonyl (C=O) groups is 1. The molecular formula is C35H34FN13O11P2. The number of alkyl halides is 1. The van der Waals surface area contributed by atoms with Gasteiger partial charge in [-0.25, -0.2) is 54.5 Å². The SMILES string of the molecule is [C-]#[N+]CCOP1(=O)OC[C@H]2O[C@@H](n3cnc4c3ncn3ncnc43)[C@H](C)[C@@H]2OP(=O)(OCCC#N)OC[C@H]2O[C@@H](n3cnc4c(NC(=O)c5ccccc5)ncnc43)[C@H](F)[C@@H]2O1. The van der Waals surface area contributed by atoms with Gasteiger partial charge >= 0.3 is 15.6 Å². The van der Waals surface area contributed by atoms with Crippen LogP contribution in [0.2, 0.25) is 0 Å². The van der Waals surface area contributed by atoms with Crippen molar-refractivity contribution in [2.45, 2.75) is 56.4 Å². The number of halogens is 1. The van der Waals surface area contributed by atoms with E-state index < -0.39 is 90.3 Å². The Labute approximate surface area is 349 Å². The van der Waals surface area contributed by atoms with Crippen molar-refractivity contribution in [1.29, 1.82) is 5.26 Å². The third-order valence-corrected chi connectivity index (χ3v) is 13.1. The minimum Gasteiger partial charge on any atom is -0.349 e. The number of imidazole rings is 2. The lowest BCUT2D eigenvalue weighted by atomic mass is 10.0. The Morgan fingerprint density at radius 3 is 2.31 bits per heavy atom. The second-order valence-corrected chi connectivity index (χ2v) is 17.2. The van der Waals surface area contributed by atoms with Crippen LogP contribution in [0.3, 0.4) is 0 Å². The third-order valence-electron chi connectivity index (χ3n) is 10.1. The van der Waals surface area contributed by atoms with Crippen molar-refractivity contribution in [2.75, 3.05) is 38.3 Å². The number of amides is 1. The van der Waals surface area contributed by atoms with Gasteiger partial charge in [-0.2, -0.15) is 10.4 Å². The molecule has 1 N–H and O–H groups in total. The van der Waals surface area contributed by atoms with E-state index >= 15 is 4.39 Å². The first kappa shape index (κ1) is 41.7. The molecule has 0 bridgehead atoms. The number of fused-ring (bicyclic) bond motifs is 6. The second-order valence-electron chi connectivity index (χ2n) is 14.0. The van der Waals surface area contributed by atoms with Gasteiger partial charge in [0.2, 0.25) is 6.54 Å². The number of carbonyl (C=O) groups excluding carboxylic acids is 1. The number of hydrogen-bond acceptors (Lipinski definition) is 19. The molecule has 62 heavy (non-hydrogen) atoms. The summed E-state index contributed by atoms with van der Waals surface area (Å²) in [6.07, 6.45) is -4.01. The highest BCUT2D eigenvalue weighted by Gasteiger charge is 2.55. The maximum absolute atomic E-state index is 17.0. The van der Waals surface area contributed by atoms with E-state index in [1.807, 2.05) is 6.07 Å². The van der Waals surface area contributed by atoms with E-state index in [2.05, 4.69) is 45.2 Å². The molecule has 8 heterocycles. The lowest BCUT2D eigenvalue weighted by Gasteiger charge is -2.30. The van der Waals surface area contributed by atoms with Crippen LogP contribution in [-0.4, -0.2) is 118 Å². The molecule has 6 aromatic rings. The van der Waals surface area contributed by atoms with Crippen molar-refractivity contribution < 1.29 is 54.9 Å². The molecule has 0 aliphatic carbocycles. The third kappa shape index (κ3) is 7.95. The Hall–Kier alpha value is -5.69. The quantitative estimate of drug-likeness (QED) is 0.114. The summed E-state index contributed by atoms with van der Waals surface area (Å²) in [6.45, 7) is 6.54. The summed E-state index contributed by atoms with van der Waals surface area (Å²) in [6, 6.07) is 10.3. The average Bonchev–Trinajstić information content (AvgIpc) is 4.12. The van der Waals surface area contributed by atoms with E-state index in [1.165, 1.54) is 34.4 Å². The van der Waals surface area contributed by atoms with E-state index in [0.717, 1.165) is 6.33 Å². The molecule has 27 heteroatoms. The fraction of sp³-hybridized carbons (Fsp3) is 0.429. The highest BCUT2D eigenvalue weighted by molar-refractivity contribution is 7.48. The van der Waals surface area contributed by atoms with Crippen LogP contribution in [0.1, 0.15) is 36.2 Å². The van der Waals surface area contributed by atoms with Crippen LogP contribution in [0.5, 0.6) is 0 Å². The van der Waals surface area contributed by atoms with Crippen LogP contribution in [-0.2, 0) is 45.7 Å². The standard InChI is InChI=1S/C35H34FN13O11P2/c1-20-27-22(57-34(20)47-18-43-26-31(47)44-19-49-32(26)41-16-45-49)13-55-62(52,54-12-10-38-2)60-28-23(14-56-61(51,59-27)53-11-6-9-37)58-35(24(28)36)48-17-42-25-29(39-15-40-30(25)48)46-33(50)21-7-4-3-5-8-21/h3-5,7-8,15-20,22-24,27-28,34-35H,6,10-14H2,1H3,(H,39,40,46,50)/t20-,22-,23-,24-,27+,28-,34-,35-,61?,62?/m1/s1. The van der Waals surface area contributed by atoms with Gasteiger partial charge in [-0.05, 0) is 12.1 Å². The van der Waals surface area contributed by atoms with Crippen LogP contribution in [0.4, 0.5) is 10.2 Å². The van der Waals surface area contributed by atoms with Gasteiger partial charge in [0.15, 0.2) is 46.2 Å². The van der Waals surface area contributed by atoms with Crippen molar-refractivity contribution >= 4 is 55.3 Å². The topological polar surface area (TPSA) is 270 Å². The first-order chi connectivity index (χ1) is 30.1. The highest BCUT2D eigenvalue weighted by atomic mass is 31.2. The van der Waals surface area contributed by atoms with E-state index in [-0.39, 0.29) is 36.6 Å². The zero-order valence-corrected chi connectivity index (χ0v) is 34.1. The second kappa shape index (κ2) is 17.2. The largest absolute Gasteiger partial charge is 0.475 e. The first-order valence-corrected chi connectivity index (χ1v) is 21.9. The van der Waals surface area contributed by atoms with Crippen molar-refractivity contribution in [3.05, 3.63) is 78.9 Å². The number of phosphoric acid groups is 2. The molecule has 3 fully saturated rings. The molecule has 3 aliphatic rings. The predicted molar refractivity (Wildman–Crippen MR) is 206 cm³/mol. The van der Waals surface area contributed by atoms with Gasteiger partial charge in [-0.3, -0.25) is 41.1 Å². The monoisotopic (exact) mass is 893 g/mol. The molecule has 24 nitrogen and oxygen atoms in total. The molecule has 0 radical (unpaired) electrons. The van der Waals surface area contributed by atoms with Gasteiger partial charge in [-0.15, -0.1) is 0 Å². The van der Waals surface area contributed by atoms with Gasteiger partial charge in [-0.1, -0.05) is 25.1 Å². The number of rotatable bonds is 10. The average molecular weight is 894 g/mol. The number of nitrogens with one attached hydrogen (secondary N) is 1. The summed E-state index contributed by atoms with van der Waals surface area (Å²) in [5.74, 6) is -1.16. The number of hydrogen-bond donors (Lipinski definition) is 1. The summed E-state index contributed by atoms with van der Waals surface area (Å²) in [5, 5.41) is 16.0. The Balaban J connectivity index is 1.03. The van der Waals surface area contributed by atoms with Crippen molar-refractivity contribution in [2.24, 2.45) is 5.92 Å². The van der Waals surface area contributed by atoms with Gasteiger partial charge < -0.3 is 19.6 Å². The first-order valence-electron chi connectivity index (χ1n) is 18.9. The van der Waals surface area contributed by atoms with E-state index in [9.17, 15) is 19.2 Å². The zero-order valence-electron chi connectivity index (χ0n) is 32.3. The normalized spacial score (nSPS) is 30.3. The smallest absolute Gasteiger partial charge is 0.349 e. The molecule has 2 unspecified atom stereocenters. The molecule has 10 atom stereocenters. The molecule has 5 aromatic heterocycles. The van der Waals surface area contributed by atoms with Gasteiger partial charge in [0.25, 0.3) is 5.91 Å². The van der Waals surface area contributed by atoms with Crippen molar-refractivity contribution in [3.63, 3.8) is 0 Å². The summed E-state index contributed by atoms with van der Waals surface area (Å²) in [5.41, 5.74) is 1.66. The Kier molecular flexibility index (Phi) is 11.6. The lowest BCUT2D eigenvalue weighted by Crippen LogP contribution is -2.37. The van der Waals surface area contributed by atoms with Crippen LogP contribution >= 0.6 is 15.6 Å². The van der Waals surface area contributed by atoms with Gasteiger partial charge in [0.1, 0.15) is 56.2 Å². The van der Waals surface area contributed by atoms with Crippen molar-refractivity contribution in [3.8, 4) is 6.07 Å². The number of nitrogens with zero attached hydrogens (tertiary/aromatic N) is 12. The Bertz CT molecular complexity index is 2800. The maximum atomic E-state index is 17.0. The predicted octanol–water partition coefficient (Wildman–Crippen LogP) is 4.23. The summed E-state index contributed by atoms with van der Waals surface area (Å²) >= 11 is 0. The summed E-state index contributed by atoms with van der Waals surface area (Å²) < 4.78 is 97.7. The number of benzene rings is 1. The fourth-order valence-electron chi connectivity index (χ4n) is 7.24. The Morgan fingerprint density at radius 1 is 0.887 bits per heavy atom. The number of ether oxygens (including phenoxy) is 2. The number of phosphoric ester groups is 2. The van der Waals surface area contributed by atoms with E-state index in [1.54, 1.807) is 41.8 Å². The molecule has 9 rings (SSSR count). The molecule has 0 spiro atoms. The fourth-order valence-corrected chi connectivity index (χ4v) is 10.1. The minimum atomic E-state index is -4.81. The zero-order chi connectivity index (χ0) is 43.0.